The summed E-state index contributed by atoms with van der Waals surface area (Å²) >= 11 is 1.39. The monoisotopic (exact) mass is 473 g/mol. The minimum atomic E-state index is -1.09. The number of carbonyl (C=O) groups is 2. The van der Waals surface area contributed by atoms with Crippen molar-refractivity contribution in [3.8, 4) is 0 Å². The third-order valence-electron chi connectivity index (χ3n) is 7.71. The first-order chi connectivity index (χ1) is 15.7. The van der Waals surface area contributed by atoms with Crippen LogP contribution in [0.1, 0.15) is 50.3 Å². The Balaban J connectivity index is 1.39. The van der Waals surface area contributed by atoms with Crippen molar-refractivity contribution in [1.29, 1.82) is 0 Å². The number of fused-ring (bicyclic) bond motifs is 1. The molecule has 1 aliphatic heterocycles. The van der Waals surface area contributed by atoms with Gasteiger partial charge in [-0.1, -0.05) is 19.9 Å². The molecule has 4 rings (SSSR count). The Kier molecular flexibility index (Phi) is 7.26. The first kappa shape index (κ1) is 24.4. The number of thiazole rings is 1. The van der Waals surface area contributed by atoms with Gasteiger partial charge >= 0.3 is 5.97 Å². The molecule has 0 bridgehead atoms. The van der Waals surface area contributed by atoms with Gasteiger partial charge in [-0.25, -0.2) is 4.98 Å². The number of rotatable bonds is 5. The van der Waals surface area contributed by atoms with Crippen molar-refractivity contribution in [2.45, 2.75) is 52.2 Å². The summed E-state index contributed by atoms with van der Waals surface area (Å²) in [6, 6.07) is 0. The van der Waals surface area contributed by atoms with Crippen LogP contribution in [0.25, 0.3) is 0 Å². The molecule has 6 atom stereocenters. The van der Waals surface area contributed by atoms with Gasteiger partial charge in [0.05, 0.1) is 12.0 Å². The second-order valence-corrected chi connectivity index (χ2v) is 10.8. The summed E-state index contributed by atoms with van der Waals surface area (Å²) in [5.41, 5.74) is -0.143. The van der Waals surface area contributed by atoms with Crippen LogP contribution in [0.5, 0.6) is 0 Å². The number of piperazine rings is 1. The van der Waals surface area contributed by atoms with E-state index in [1.807, 2.05) is 17.2 Å². The summed E-state index contributed by atoms with van der Waals surface area (Å²) in [5, 5.41) is 14.1. The zero-order valence-electron chi connectivity index (χ0n) is 20.0. The highest BCUT2D eigenvalue weighted by atomic mass is 32.1. The van der Waals surface area contributed by atoms with E-state index in [2.05, 4.69) is 36.2 Å². The molecule has 1 N–H and O–H groups in total. The van der Waals surface area contributed by atoms with Crippen LogP contribution in [-0.2, 0) is 9.53 Å². The summed E-state index contributed by atoms with van der Waals surface area (Å²) in [5.74, 6) is 0.404. The fraction of sp³-hybridized carbons (Fsp3) is 0.680. The van der Waals surface area contributed by atoms with Gasteiger partial charge < -0.3 is 14.7 Å². The zero-order chi connectivity index (χ0) is 23.8. The molecule has 1 saturated carbocycles. The number of nitrogens with zero attached hydrogens (tertiary/aromatic N) is 3. The highest BCUT2D eigenvalue weighted by Gasteiger charge is 2.53. The molecule has 2 radical (unpaired) electrons. The van der Waals surface area contributed by atoms with Crippen LogP contribution >= 0.6 is 11.3 Å². The van der Waals surface area contributed by atoms with Gasteiger partial charge in [0.1, 0.15) is 6.10 Å². The number of hydrogen-bond donors (Lipinski definition) is 1. The van der Waals surface area contributed by atoms with E-state index in [0.29, 0.717) is 29.9 Å². The first-order valence-corrected chi connectivity index (χ1v) is 12.8. The van der Waals surface area contributed by atoms with Gasteiger partial charge in [-0.3, -0.25) is 14.5 Å². The Morgan fingerprint density at radius 3 is 2.70 bits per heavy atom. The number of amides is 1. The fourth-order valence-electron chi connectivity index (χ4n) is 5.75. The molecule has 0 spiro atoms. The molecule has 2 aliphatic carbocycles. The highest BCUT2D eigenvalue weighted by molar-refractivity contribution is 7.11. The van der Waals surface area contributed by atoms with Crippen LogP contribution in [0.2, 0.25) is 0 Å². The number of aliphatic hydroxyl groups is 1. The minimum Gasteiger partial charge on any atom is -0.457 e. The van der Waals surface area contributed by atoms with Gasteiger partial charge in [-0.15, -0.1) is 11.3 Å². The Labute approximate surface area is 200 Å². The maximum atomic E-state index is 12.6. The van der Waals surface area contributed by atoms with Gasteiger partial charge in [0.15, 0.2) is 5.01 Å². The molecule has 0 aromatic carbocycles. The largest absolute Gasteiger partial charge is 0.457 e. The molecule has 0 unspecified atom stereocenters. The SMILES string of the molecule is CC(=O)O[C@@H]1[C][C@@]2(O)[C@H](C)CC[C@@H]([C@H](C)CN3CCN(C(=O)c4nccs4)CC3)[C@H]2C=C1C. The van der Waals surface area contributed by atoms with E-state index >= 15 is 0 Å². The lowest BCUT2D eigenvalue weighted by atomic mass is 9.57. The Morgan fingerprint density at radius 1 is 1.33 bits per heavy atom. The Hall–Kier alpha value is -1.77. The molecule has 7 nitrogen and oxygen atoms in total. The summed E-state index contributed by atoms with van der Waals surface area (Å²) in [6.07, 6.45) is 8.47. The zero-order valence-corrected chi connectivity index (χ0v) is 20.8. The van der Waals surface area contributed by atoms with Crippen molar-refractivity contribution in [1.82, 2.24) is 14.8 Å². The van der Waals surface area contributed by atoms with Crippen LogP contribution < -0.4 is 0 Å². The maximum absolute atomic E-state index is 12.6. The standard InChI is InChI=1S/C25H35N3O4S/c1-16-13-21-20(6-5-18(3)25(21,31)14-22(16)32-19(4)29)17(2)15-27-8-10-28(11-9-27)24(30)23-26-7-12-33-23/h7,12-13,17-18,20-22,31H,5-6,8-11,15H2,1-4H3/t17-,18-,20+,21-,22-,25-/m1/s1. The quantitative estimate of drug-likeness (QED) is 0.523. The third kappa shape index (κ3) is 5.03. The summed E-state index contributed by atoms with van der Waals surface area (Å²) in [4.78, 5) is 32.6. The smallest absolute Gasteiger partial charge is 0.303 e. The molecule has 1 saturated heterocycles. The molecule has 1 amide bonds. The van der Waals surface area contributed by atoms with Gasteiger partial charge in [-0.05, 0) is 43.1 Å². The van der Waals surface area contributed by atoms with Gasteiger partial charge in [0.2, 0.25) is 0 Å². The predicted molar refractivity (Wildman–Crippen MR) is 127 cm³/mol. The van der Waals surface area contributed by atoms with Gasteiger partial charge in [0.25, 0.3) is 5.91 Å². The van der Waals surface area contributed by atoms with E-state index in [-0.39, 0.29) is 23.7 Å². The predicted octanol–water partition coefficient (Wildman–Crippen LogP) is 2.90. The van der Waals surface area contributed by atoms with Crippen LogP contribution in [-0.4, -0.2) is 76.2 Å². The summed E-state index contributed by atoms with van der Waals surface area (Å²) in [6.45, 7) is 11.8. The molecular formula is C25H35N3O4S. The normalized spacial score (nSPS) is 33.7. The van der Waals surface area contributed by atoms with Crippen LogP contribution in [0.4, 0.5) is 0 Å². The molecule has 33 heavy (non-hydrogen) atoms. The topological polar surface area (TPSA) is 83.0 Å². The molecule has 2 heterocycles. The Bertz CT molecular complexity index is 880. The molecule has 2 fully saturated rings. The second kappa shape index (κ2) is 9.84. The lowest BCUT2D eigenvalue weighted by molar-refractivity contribution is -0.148. The van der Waals surface area contributed by atoms with E-state index in [9.17, 15) is 14.7 Å². The highest BCUT2D eigenvalue weighted by Crippen LogP contribution is 2.50. The number of ether oxygens (including phenoxy) is 1. The van der Waals surface area contributed by atoms with E-state index in [1.54, 1.807) is 6.20 Å². The van der Waals surface area contributed by atoms with Crippen molar-refractivity contribution in [3.63, 3.8) is 0 Å². The third-order valence-corrected chi connectivity index (χ3v) is 8.47. The molecule has 180 valence electrons. The summed E-state index contributed by atoms with van der Waals surface area (Å²) < 4.78 is 5.42. The molecular weight excluding hydrogens is 438 g/mol. The van der Waals surface area contributed by atoms with Crippen LogP contribution in [0.3, 0.4) is 0 Å². The van der Waals surface area contributed by atoms with Crippen molar-refractivity contribution in [2.75, 3.05) is 32.7 Å². The Morgan fingerprint density at radius 2 is 2.06 bits per heavy atom. The molecule has 1 aromatic heterocycles. The number of carbonyl (C=O) groups excluding carboxylic acids is 2. The second-order valence-electron chi connectivity index (χ2n) is 9.95. The van der Waals surface area contributed by atoms with Gasteiger partial charge in [-0.2, -0.15) is 0 Å². The average Bonchev–Trinajstić information content (AvgIpc) is 3.31. The van der Waals surface area contributed by atoms with Crippen molar-refractivity contribution < 1.29 is 19.4 Å². The van der Waals surface area contributed by atoms with E-state index in [0.717, 1.165) is 38.0 Å². The average molecular weight is 474 g/mol. The van der Waals surface area contributed by atoms with E-state index in [1.165, 1.54) is 18.3 Å². The maximum Gasteiger partial charge on any atom is 0.303 e. The summed E-state index contributed by atoms with van der Waals surface area (Å²) in [7, 11) is 0. The first-order valence-electron chi connectivity index (χ1n) is 12.0. The van der Waals surface area contributed by atoms with Gasteiger partial charge in [0, 0.05) is 57.1 Å². The number of aromatic nitrogens is 1. The number of esters is 1. The van der Waals surface area contributed by atoms with Crippen molar-refractivity contribution in [3.05, 3.63) is 34.7 Å². The minimum absolute atomic E-state index is 0.0280. The lowest BCUT2D eigenvalue weighted by Gasteiger charge is -2.53. The molecule has 1 aromatic rings. The molecule has 8 heteroatoms. The number of hydrogen-bond acceptors (Lipinski definition) is 7. The van der Waals surface area contributed by atoms with E-state index < -0.39 is 11.7 Å². The van der Waals surface area contributed by atoms with Crippen LogP contribution in [0, 0.1) is 30.1 Å². The van der Waals surface area contributed by atoms with Crippen molar-refractivity contribution in [2.24, 2.45) is 23.7 Å². The fourth-order valence-corrected chi connectivity index (χ4v) is 6.35. The molecule has 3 aliphatic rings. The van der Waals surface area contributed by atoms with E-state index in [4.69, 9.17) is 4.74 Å². The van der Waals surface area contributed by atoms with Crippen molar-refractivity contribution >= 4 is 23.2 Å². The lowest BCUT2D eigenvalue weighted by Crippen LogP contribution is -2.57. The van der Waals surface area contributed by atoms with Crippen LogP contribution in [0.15, 0.2) is 23.2 Å².